The monoisotopic (exact) mass is 214 g/mol. The highest BCUT2D eigenvalue weighted by molar-refractivity contribution is 7.06. The standard InChI is InChI=1S/C2H2N2S.HI/c1-3-4-2-5-1;/h1-2H;1H. The van der Waals surface area contributed by atoms with Crippen molar-refractivity contribution >= 4 is 11.3 Å². The molecule has 1 N–H and O–H groups in total. The SMILES string of the molecule is [I-].c1n[nH+]cs1. The highest BCUT2D eigenvalue weighted by atomic mass is 127. The molecule has 0 aliphatic rings. The molecule has 0 amide bonds. The number of hydrogen-bond acceptors (Lipinski definition) is 2. The summed E-state index contributed by atoms with van der Waals surface area (Å²) in [5.74, 6) is 0. The summed E-state index contributed by atoms with van der Waals surface area (Å²) in [6.45, 7) is 0. The van der Waals surface area contributed by atoms with Crippen LogP contribution in [0.5, 0.6) is 0 Å². The van der Waals surface area contributed by atoms with E-state index in [1.54, 1.807) is 22.4 Å². The number of H-pyrrole nitrogens is 1. The van der Waals surface area contributed by atoms with Crippen molar-refractivity contribution in [2.45, 2.75) is 0 Å². The summed E-state index contributed by atoms with van der Waals surface area (Å²) in [5.41, 5.74) is 3.54. The van der Waals surface area contributed by atoms with Crippen molar-refractivity contribution in [1.29, 1.82) is 0 Å². The van der Waals surface area contributed by atoms with Gasteiger partial charge in [0.25, 0.3) is 0 Å². The third kappa shape index (κ3) is 1.66. The Bertz CT molecular complexity index is 68.0. The first kappa shape index (κ1) is 6.29. The van der Waals surface area contributed by atoms with Crippen LogP contribution in [0.15, 0.2) is 11.0 Å². The Morgan fingerprint density at radius 3 is 2.67 bits per heavy atom. The van der Waals surface area contributed by atoms with E-state index in [4.69, 9.17) is 0 Å². The average Bonchev–Trinajstić information content (AvgIpc) is 1.76. The van der Waals surface area contributed by atoms with E-state index in [1.807, 2.05) is 0 Å². The number of halogens is 1. The van der Waals surface area contributed by atoms with Gasteiger partial charge in [-0.15, -0.1) is 0 Å². The predicted octanol–water partition coefficient (Wildman–Crippen LogP) is -3.04. The lowest BCUT2D eigenvalue weighted by molar-refractivity contribution is -0.447. The fourth-order valence-corrected chi connectivity index (χ4v) is 0.456. The van der Waals surface area contributed by atoms with Gasteiger partial charge in [-0.3, -0.25) is 0 Å². The molecule has 0 aliphatic carbocycles. The number of nitrogens with one attached hydrogen (secondary N) is 1. The topological polar surface area (TPSA) is 27.0 Å². The molecule has 0 fully saturated rings. The van der Waals surface area contributed by atoms with E-state index in [-0.39, 0.29) is 24.0 Å². The Kier molecular flexibility index (Phi) is 3.65. The van der Waals surface area contributed by atoms with Gasteiger partial charge in [0.1, 0.15) is 0 Å². The molecule has 1 heterocycles. The van der Waals surface area contributed by atoms with E-state index in [1.165, 1.54) is 0 Å². The summed E-state index contributed by atoms with van der Waals surface area (Å²) in [6.07, 6.45) is 0. The van der Waals surface area contributed by atoms with Crippen LogP contribution in [0.2, 0.25) is 0 Å². The second kappa shape index (κ2) is 3.48. The average molecular weight is 214 g/mol. The molecule has 6 heavy (non-hydrogen) atoms. The number of hydrogen-bond donors (Lipinski definition) is 0. The third-order valence-corrected chi connectivity index (χ3v) is 0.777. The molecule has 0 saturated carbocycles. The zero-order chi connectivity index (χ0) is 3.54. The zero-order valence-electron chi connectivity index (χ0n) is 2.89. The van der Waals surface area contributed by atoms with E-state index in [0.29, 0.717) is 0 Å². The van der Waals surface area contributed by atoms with E-state index < -0.39 is 0 Å². The third-order valence-electron chi connectivity index (χ3n) is 0.309. The van der Waals surface area contributed by atoms with Crippen LogP contribution in [0.1, 0.15) is 0 Å². The largest absolute Gasteiger partial charge is 1.00 e. The first-order chi connectivity index (χ1) is 2.50. The Labute approximate surface area is 56.6 Å². The van der Waals surface area contributed by atoms with Crippen molar-refractivity contribution in [2.24, 2.45) is 0 Å². The molecule has 2 nitrogen and oxygen atoms in total. The predicted molar refractivity (Wildman–Crippen MR) is 18.7 cm³/mol. The summed E-state index contributed by atoms with van der Waals surface area (Å²) in [7, 11) is 0. The zero-order valence-corrected chi connectivity index (χ0v) is 5.86. The minimum Gasteiger partial charge on any atom is -1.00 e. The van der Waals surface area contributed by atoms with Gasteiger partial charge < -0.3 is 24.0 Å². The minimum atomic E-state index is 0. The van der Waals surface area contributed by atoms with Crippen LogP contribution < -0.4 is 29.1 Å². The molecule has 1 rings (SSSR count). The van der Waals surface area contributed by atoms with Crippen molar-refractivity contribution < 1.29 is 29.1 Å². The van der Waals surface area contributed by atoms with Crippen LogP contribution in [-0.4, -0.2) is 5.10 Å². The van der Waals surface area contributed by atoms with Crippen LogP contribution in [0.4, 0.5) is 0 Å². The summed E-state index contributed by atoms with van der Waals surface area (Å²) in [4.78, 5) is 0. The van der Waals surface area contributed by atoms with E-state index in [9.17, 15) is 0 Å². The molecule has 34 valence electrons. The Morgan fingerprint density at radius 2 is 2.50 bits per heavy atom. The van der Waals surface area contributed by atoms with Gasteiger partial charge in [-0.2, -0.15) is 0 Å². The molecule has 0 saturated heterocycles. The van der Waals surface area contributed by atoms with Crippen molar-refractivity contribution in [3.63, 3.8) is 0 Å². The van der Waals surface area contributed by atoms with E-state index >= 15 is 0 Å². The van der Waals surface area contributed by atoms with Crippen LogP contribution in [0.25, 0.3) is 0 Å². The summed E-state index contributed by atoms with van der Waals surface area (Å²) in [6, 6.07) is 0. The lowest BCUT2D eigenvalue weighted by atomic mass is 11.6. The van der Waals surface area contributed by atoms with Crippen LogP contribution in [0, 0.1) is 0 Å². The maximum absolute atomic E-state index is 3.62. The highest BCUT2D eigenvalue weighted by Gasteiger charge is 1.69. The maximum atomic E-state index is 3.62. The van der Waals surface area contributed by atoms with Gasteiger partial charge in [-0.1, -0.05) is 16.4 Å². The first-order valence-electron chi connectivity index (χ1n) is 1.24. The fourth-order valence-electron chi connectivity index (χ4n) is 0.152. The molecule has 0 bridgehead atoms. The molecular formula is C2H3IN2S. The number of aromatic nitrogens is 2. The lowest BCUT2D eigenvalue weighted by Gasteiger charge is -1.31. The molecule has 0 atom stereocenters. The van der Waals surface area contributed by atoms with Gasteiger partial charge in [0.2, 0.25) is 5.51 Å². The fraction of sp³-hybridized carbons (Fsp3) is 0. The molecule has 0 unspecified atom stereocenters. The first-order valence-corrected chi connectivity index (χ1v) is 2.18. The van der Waals surface area contributed by atoms with Gasteiger partial charge in [0, 0.05) is 5.10 Å². The summed E-state index contributed by atoms with van der Waals surface area (Å²) >= 11 is 1.55. The van der Waals surface area contributed by atoms with Gasteiger partial charge in [0.05, 0.1) is 0 Å². The molecule has 0 spiro atoms. The van der Waals surface area contributed by atoms with E-state index in [0.717, 1.165) is 0 Å². The highest BCUT2D eigenvalue weighted by Crippen LogP contribution is 1.76. The minimum absolute atomic E-state index is 0. The molecule has 0 aliphatic heterocycles. The normalized spacial score (nSPS) is 6.67. The summed E-state index contributed by atoms with van der Waals surface area (Å²) < 4.78 is 0. The Hall–Kier alpha value is 0.290. The van der Waals surface area contributed by atoms with Crippen molar-refractivity contribution in [1.82, 2.24) is 5.10 Å². The van der Waals surface area contributed by atoms with Crippen molar-refractivity contribution in [3.05, 3.63) is 11.0 Å². The quantitative estimate of drug-likeness (QED) is 0.422. The van der Waals surface area contributed by atoms with E-state index in [2.05, 4.69) is 10.2 Å². The second-order valence-electron chi connectivity index (χ2n) is 0.618. The Morgan fingerprint density at radius 1 is 1.67 bits per heavy atom. The molecule has 0 aromatic carbocycles. The van der Waals surface area contributed by atoms with Crippen LogP contribution in [-0.2, 0) is 0 Å². The molecule has 1 aromatic heterocycles. The van der Waals surface area contributed by atoms with Gasteiger partial charge in [-0.25, -0.2) is 0 Å². The van der Waals surface area contributed by atoms with Gasteiger partial charge in [0.15, 0.2) is 5.51 Å². The second-order valence-corrected chi connectivity index (χ2v) is 1.34. The lowest BCUT2D eigenvalue weighted by Crippen LogP contribution is -3.00. The smallest absolute Gasteiger partial charge is 0.250 e. The number of aromatic amines is 1. The molecule has 0 radical (unpaired) electrons. The van der Waals surface area contributed by atoms with Crippen molar-refractivity contribution in [3.8, 4) is 0 Å². The number of nitrogens with zero attached hydrogens (tertiary/aromatic N) is 1. The Balaban J connectivity index is 0.000000250. The van der Waals surface area contributed by atoms with Crippen LogP contribution >= 0.6 is 11.3 Å². The molecular weight excluding hydrogens is 211 g/mol. The van der Waals surface area contributed by atoms with Gasteiger partial charge >= 0.3 is 0 Å². The van der Waals surface area contributed by atoms with Crippen molar-refractivity contribution in [2.75, 3.05) is 0 Å². The van der Waals surface area contributed by atoms with Gasteiger partial charge in [-0.05, 0) is 0 Å². The molecule has 1 aromatic rings. The summed E-state index contributed by atoms with van der Waals surface area (Å²) in [5, 5.41) is 6.25. The maximum Gasteiger partial charge on any atom is 0.250 e. The van der Waals surface area contributed by atoms with Crippen LogP contribution in [0.3, 0.4) is 0 Å². The number of rotatable bonds is 0. The molecule has 4 heteroatoms.